The Bertz CT molecular complexity index is 3450. The molecule has 0 aromatic heterocycles. The van der Waals surface area contributed by atoms with Crippen LogP contribution in [0, 0.1) is 16.7 Å². The number of aromatic hydroxyl groups is 5. The van der Waals surface area contributed by atoms with Gasteiger partial charge in [0.2, 0.25) is 17.2 Å². The third-order valence-corrected chi connectivity index (χ3v) is 14.4. The molecule has 3 aliphatic rings. The van der Waals surface area contributed by atoms with E-state index in [1.807, 2.05) is 48.5 Å². The van der Waals surface area contributed by atoms with Crippen molar-refractivity contribution in [2.24, 2.45) is 16.7 Å². The average Bonchev–Trinajstić information content (AvgIpc) is 3.30. The van der Waals surface area contributed by atoms with Crippen LogP contribution in [0.15, 0.2) is 180 Å². The Hall–Kier alpha value is -7.50. The van der Waals surface area contributed by atoms with Gasteiger partial charge >= 0.3 is 0 Å². The molecule has 0 aliphatic heterocycles. The standard InChI is InChI=1S/C60H50O5/c1-33-18-26-46-47(28-33)53(40-24-19-34-12-6-7-13-35(34)31-40)60(5)32-41(59(2,3)4)25-27-48(60)50(46)39-23-21-36-29-38(22-20-37(36)30-39)49-42-14-8-10-16-44(42)51(45-17-11-9-15-43(45)49)52-54(61)56(63)58(65)57(64)55(52)62/h6-27,29-33,53,61-65H,28H2,1-5H3. The molecule has 0 heterocycles. The summed E-state index contributed by atoms with van der Waals surface area (Å²) >= 11 is 0. The minimum absolute atomic E-state index is 0.0216. The minimum Gasteiger partial charge on any atom is -0.504 e. The molecule has 3 unspecified atom stereocenters. The van der Waals surface area contributed by atoms with E-state index in [1.165, 1.54) is 49.8 Å². The van der Waals surface area contributed by atoms with Gasteiger partial charge in [-0.15, -0.1) is 0 Å². The summed E-state index contributed by atoms with van der Waals surface area (Å²) in [5.74, 6) is -3.68. The largest absolute Gasteiger partial charge is 0.504 e. The van der Waals surface area contributed by atoms with Gasteiger partial charge in [-0.25, -0.2) is 0 Å². The number of hydrogen-bond acceptors (Lipinski definition) is 5. The van der Waals surface area contributed by atoms with Crippen LogP contribution < -0.4 is 0 Å². The second-order valence-electron chi connectivity index (χ2n) is 19.5. The molecular weight excluding hydrogens is 801 g/mol. The van der Waals surface area contributed by atoms with E-state index in [1.54, 1.807) is 0 Å². The van der Waals surface area contributed by atoms with Gasteiger partial charge < -0.3 is 25.5 Å². The molecule has 320 valence electrons. The van der Waals surface area contributed by atoms with Crippen molar-refractivity contribution < 1.29 is 25.5 Å². The molecule has 0 amide bonds. The van der Waals surface area contributed by atoms with E-state index >= 15 is 0 Å². The molecule has 0 spiro atoms. The van der Waals surface area contributed by atoms with Gasteiger partial charge in [0.15, 0.2) is 11.5 Å². The zero-order valence-corrected chi connectivity index (χ0v) is 37.1. The van der Waals surface area contributed by atoms with Gasteiger partial charge in [-0.2, -0.15) is 0 Å². The molecule has 5 nitrogen and oxygen atoms in total. The molecule has 8 aromatic carbocycles. The van der Waals surface area contributed by atoms with Crippen molar-refractivity contribution in [2.45, 2.75) is 47.0 Å². The second kappa shape index (κ2) is 14.5. The maximum absolute atomic E-state index is 11.2. The van der Waals surface area contributed by atoms with E-state index in [0.717, 1.165) is 39.1 Å². The number of fused-ring (bicyclic) bond motifs is 5. The molecule has 0 saturated heterocycles. The van der Waals surface area contributed by atoms with Crippen molar-refractivity contribution in [3.63, 3.8) is 0 Å². The van der Waals surface area contributed by atoms with E-state index < -0.39 is 28.7 Å². The monoisotopic (exact) mass is 850 g/mol. The highest BCUT2D eigenvalue weighted by atomic mass is 16.4. The summed E-state index contributed by atoms with van der Waals surface area (Å²) in [7, 11) is 0. The normalized spacial score (nSPS) is 19.6. The SMILES string of the molecule is CC1C=CC2=C(C1)C(c1ccc3ccccc3c1)C1(C)C=C(C(C)(C)C)C=CC1=C2c1ccc2cc(-c3c4ccccc4c(-c4c(O)c(O)c(O)c(O)c4O)c4ccccc34)ccc2c1. The van der Waals surface area contributed by atoms with Gasteiger partial charge in [0.1, 0.15) is 0 Å². The molecule has 3 aliphatic carbocycles. The van der Waals surface area contributed by atoms with Crippen LogP contribution in [-0.4, -0.2) is 25.5 Å². The Kier molecular flexibility index (Phi) is 9.00. The van der Waals surface area contributed by atoms with Crippen LogP contribution in [-0.2, 0) is 0 Å². The summed E-state index contributed by atoms with van der Waals surface area (Å²) < 4.78 is 0. The first kappa shape index (κ1) is 40.3. The zero-order valence-electron chi connectivity index (χ0n) is 37.1. The van der Waals surface area contributed by atoms with Gasteiger partial charge in [-0.1, -0.05) is 186 Å². The van der Waals surface area contributed by atoms with Gasteiger partial charge in [0.25, 0.3) is 0 Å². The van der Waals surface area contributed by atoms with Gasteiger partial charge in [0, 0.05) is 16.9 Å². The Labute approximate surface area is 378 Å². The number of hydrogen-bond donors (Lipinski definition) is 5. The van der Waals surface area contributed by atoms with E-state index in [9.17, 15) is 25.5 Å². The fourth-order valence-electron chi connectivity index (χ4n) is 11.2. The van der Waals surface area contributed by atoms with Crippen molar-refractivity contribution in [2.75, 3.05) is 0 Å². The van der Waals surface area contributed by atoms with E-state index in [-0.39, 0.29) is 22.3 Å². The van der Waals surface area contributed by atoms with Crippen LogP contribution >= 0.6 is 0 Å². The second-order valence-corrected chi connectivity index (χ2v) is 19.5. The van der Waals surface area contributed by atoms with Crippen molar-refractivity contribution in [3.05, 3.63) is 191 Å². The fraction of sp³-hybridized carbons (Fsp3) is 0.167. The van der Waals surface area contributed by atoms with Crippen molar-refractivity contribution in [1.29, 1.82) is 0 Å². The van der Waals surface area contributed by atoms with Crippen molar-refractivity contribution in [3.8, 4) is 51.0 Å². The minimum atomic E-state index is -0.989. The molecular formula is C60H50O5. The molecule has 0 bridgehead atoms. The first-order chi connectivity index (χ1) is 31.2. The van der Waals surface area contributed by atoms with Crippen molar-refractivity contribution >= 4 is 48.7 Å². The highest BCUT2D eigenvalue weighted by Crippen LogP contribution is 2.62. The number of benzene rings is 8. The van der Waals surface area contributed by atoms with E-state index in [0.29, 0.717) is 22.3 Å². The Morgan fingerprint density at radius 3 is 1.68 bits per heavy atom. The van der Waals surface area contributed by atoms with Gasteiger partial charge in [-0.3, -0.25) is 0 Å². The molecule has 0 fully saturated rings. The Balaban J connectivity index is 1.10. The van der Waals surface area contributed by atoms with Crippen LogP contribution in [0.3, 0.4) is 0 Å². The maximum Gasteiger partial charge on any atom is 0.208 e. The number of phenolic OH excluding ortho intramolecular Hbond substituents is 5. The molecule has 65 heavy (non-hydrogen) atoms. The summed E-state index contributed by atoms with van der Waals surface area (Å²) in [5, 5.41) is 61.6. The summed E-state index contributed by atoms with van der Waals surface area (Å²) in [5.41, 5.74) is 11.2. The van der Waals surface area contributed by atoms with Crippen LogP contribution in [0.4, 0.5) is 0 Å². The van der Waals surface area contributed by atoms with Gasteiger partial charge in [-0.05, 0) is 118 Å². The molecule has 11 rings (SSSR count). The Morgan fingerprint density at radius 2 is 1.05 bits per heavy atom. The lowest BCUT2D eigenvalue weighted by molar-refractivity contribution is 0.330. The summed E-state index contributed by atoms with van der Waals surface area (Å²) in [6, 6.07) is 44.7. The van der Waals surface area contributed by atoms with Gasteiger partial charge in [0.05, 0.1) is 5.56 Å². The molecule has 8 aromatic rings. The highest BCUT2D eigenvalue weighted by Gasteiger charge is 2.47. The molecule has 5 heteroatoms. The van der Waals surface area contributed by atoms with Crippen LogP contribution in [0.5, 0.6) is 28.7 Å². The van der Waals surface area contributed by atoms with Crippen LogP contribution in [0.1, 0.15) is 58.1 Å². The van der Waals surface area contributed by atoms with Crippen LogP contribution in [0.25, 0.3) is 70.9 Å². The third-order valence-electron chi connectivity index (χ3n) is 14.4. The molecule has 3 atom stereocenters. The summed E-state index contributed by atoms with van der Waals surface area (Å²) in [6.07, 6.45) is 13.1. The first-order valence-electron chi connectivity index (χ1n) is 22.5. The predicted molar refractivity (Wildman–Crippen MR) is 266 cm³/mol. The summed E-state index contributed by atoms with van der Waals surface area (Å²) in [4.78, 5) is 0. The predicted octanol–water partition coefficient (Wildman–Crippen LogP) is 15.2. The zero-order chi connectivity index (χ0) is 45.1. The van der Waals surface area contributed by atoms with Crippen LogP contribution in [0.2, 0.25) is 0 Å². The highest BCUT2D eigenvalue weighted by molar-refractivity contribution is 6.23. The summed E-state index contributed by atoms with van der Waals surface area (Å²) in [6.45, 7) is 11.7. The number of phenols is 5. The first-order valence-corrected chi connectivity index (χ1v) is 22.5. The van der Waals surface area contributed by atoms with E-state index in [4.69, 9.17) is 0 Å². The topological polar surface area (TPSA) is 101 Å². The molecule has 0 saturated carbocycles. The lowest BCUT2D eigenvalue weighted by atomic mass is 9.55. The number of rotatable bonds is 4. The van der Waals surface area contributed by atoms with Crippen molar-refractivity contribution in [1.82, 2.24) is 0 Å². The maximum atomic E-state index is 11.2. The molecule has 0 radical (unpaired) electrons. The third kappa shape index (κ3) is 6.13. The smallest absolute Gasteiger partial charge is 0.208 e. The number of allylic oxidation sites excluding steroid dienone is 10. The lowest BCUT2D eigenvalue weighted by Gasteiger charge is -2.48. The quantitative estimate of drug-likeness (QED) is 0.0690. The molecule has 5 N–H and O–H groups in total. The average molecular weight is 851 g/mol. The fourth-order valence-corrected chi connectivity index (χ4v) is 11.2. The Morgan fingerprint density at radius 1 is 0.523 bits per heavy atom. The van der Waals surface area contributed by atoms with E-state index in [2.05, 4.69) is 144 Å². The lowest BCUT2D eigenvalue weighted by Crippen LogP contribution is -2.35.